The van der Waals surface area contributed by atoms with Gasteiger partial charge in [-0.1, -0.05) is 35.5 Å². The Morgan fingerprint density at radius 2 is 2.04 bits per heavy atom. The topological polar surface area (TPSA) is 89.4 Å². The van der Waals surface area contributed by atoms with Crippen LogP contribution in [0.25, 0.3) is 11.3 Å². The number of amides is 2. The Labute approximate surface area is 134 Å². The minimum atomic E-state index is -0.391. The first-order chi connectivity index (χ1) is 11.1. The molecule has 1 saturated heterocycles. The van der Waals surface area contributed by atoms with Crippen LogP contribution in [0.4, 0.5) is 0 Å². The number of hydrogen-bond acceptors (Lipinski definition) is 4. The Kier molecular flexibility index (Phi) is 4.41. The van der Waals surface area contributed by atoms with E-state index in [2.05, 4.69) is 5.16 Å². The maximum absolute atomic E-state index is 12.7. The molecule has 0 radical (unpaired) electrons. The molecule has 2 amide bonds. The average molecular weight is 313 g/mol. The molecule has 0 saturated carbocycles. The second-order valence-corrected chi connectivity index (χ2v) is 5.76. The number of benzene rings is 1. The van der Waals surface area contributed by atoms with Crippen molar-refractivity contribution in [2.24, 2.45) is 5.73 Å². The summed E-state index contributed by atoms with van der Waals surface area (Å²) in [6.45, 7) is 0.609. The van der Waals surface area contributed by atoms with Gasteiger partial charge in [-0.05, 0) is 19.3 Å². The summed E-state index contributed by atoms with van der Waals surface area (Å²) in [6.07, 6.45) is 2.88. The summed E-state index contributed by atoms with van der Waals surface area (Å²) in [4.78, 5) is 25.6. The molecule has 2 aromatic rings. The third-order valence-electron chi connectivity index (χ3n) is 4.12. The monoisotopic (exact) mass is 313 g/mol. The number of carbonyl (C=O) groups is 2. The van der Waals surface area contributed by atoms with Crippen LogP contribution in [-0.4, -0.2) is 34.5 Å². The number of piperidine rings is 1. The van der Waals surface area contributed by atoms with Gasteiger partial charge in [0.05, 0.1) is 0 Å². The number of nitrogens with two attached hydrogens (primary N) is 1. The quantitative estimate of drug-likeness (QED) is 0.937. The summed E-state index contributed by atoms with van der Waals surface area (Å²) >= 11 is 0. The van der Waals surface area contributed by atoms with Crippen molar-refractivity contribution in [1.29, 1.82) is 0 Å². The van der Waals surface area contributed by atoms with Crippen LogP contribution in [0.2, 0.25) is 0 Å². The standard InChI is InChI=1S/C17H19N3O3/c18-16(21)10-13-8-4-5-9-20(13)17(22)15-11-14(19-23-15)12-6-2-1-3-7-12/h1-3,6-7,11,13H,4-5,8-10H2,(H2,18,21). The van der Waals surface area contributed by atoms with Gasteiger partial charge in [0.15, 0.2) is 0 Å². The zero-order chi connectivity index (χ0) is 16.2. The number of nitrogens with zero attached hydrogens (tertiary/aromatic N) is 2. The van der Waals surface area contributed by atoms with Gasteiger partial charge >= 0.3 is 0 Å². The molecule has 1 fully saturated rings. The highest BCUT2D eigenvalue weighted by molar-refractivity contribution is 5.93. The van der Waals surface area contributed by atoms with Gasteiger partial charge in [-0.3, -0.25) is 9.59 Å². The first-order valence-electron chi connectivity index (χ1n) is 7.76. The Balaban J connectivity index is 1.79. The van der Waals surface area contributed by atoms with Crippen molar-refractivity contribution < 1.29 is 14.1 Å². The van der Waals surface area contributed by atoms with E-state index in [0.29, 0.717) is 12.2 Å². The summed E-state index contributed by atoms with van der Waals surface area (Å²) < 4.78 is 5.23. The van der Waals surface area contributed by atoms with Crippen molar-refractivity contribution in [1.82, 2.24) is 10.1 Å². The van der Waals surface area contributed by atoms with Gasteiger partial charge in [-0.2, -0.15) is 0 Å². The molecule has 2 N–H and O–H groups in total. The van der Waals surface area contributed by atoms with Gasteiger partial charge < -0.3 is 15.2 Å². The molecule has 1 aliphatic heterocycles. The van der Waals surface area contributed by atoms with Crippen molar-refractivity contribution in [3.63, 3.8) is 0 Å². The van der Waals surface area contributed by atoms with Gasteiger partial charge in [0.2, 0.25) is 11.7 Å². The summed E-state index contributed by atoms with van der Waals surface area (Å²) in [5.41, 5.74) is 6.81. The SMILES string of the molecule is NC(=O)CC1CCCCN1C(=O)c1cc(-c2ccccc2)no1. The first-order valence-corrected chi connectivity index (χ1v) is 7.76. The molecule has 1 aromatic carbocycles. The highest BCUT2D eigenvalue weighted by Crippen LogP contribution is 2.24. The molecule has 3 rings (SSSR count). The van der Waals surface area contributed by atoms with E-state index < -0.39 is 5.91 Å². The smallest absolute Gasteiger partial charge is 0.292 e. The van der Waals surface area contributed by atoms with Gasteiger partial charge in [0.1, 0.15) is 5.69 Å². The fraction of sp³-hybridized carbons (Fsp3) is 0.353. The Bertz CT molecular complexity index is 696. The fourth-order valence-corrected chi connectivity index (χ4v) is 2.97. The highest BCUT2D eigenvalue weighted by Gasteiger charge is 2.30. The fourth-order valence-electron chi connectivity index (χ4n) is 2.97. The van der Waals surface area contributed by atoms with E-state index in [4.69, 9.17) is 10.3 Å². The van der Waals surface area contributed by atoms with E-state index >= 15 is 0 Å². The molecule has 23 heavy (non-hydrogen) atoms. The zero-order valence-electron chi connectivity index (χ0n) is 12.8. The van der Waals surface area contributed by atoms with Crippen LogP contribution in [0.1, 0.15) is 36.2 Å². The minimum Gasteiger partial charge on any atom is -0.370 e. The molecule has 1 unspecified atom stereocenters. The lowest BCUT2D eigenvalue weighted by Gasteiger charge is -2.34. The molecule has 6 nitrogen and oxygen atoms in total. The lowest BCUT2D eigenvalue weighted by molar-refractivity contribution is -0.119. The van der Waals surface area contributed by atoms with Gasteiger partial charge in [0.25, 0.3) is 5.91 Å². The van der Waals surface area contributed by atoms with E-state index in [9.17, 15) is 9.59 Å². The molecular weight excluding hydrogens is 294 g/mol. The van der Waals surface area contributed by atoms with Crippen molar-refractivity contribution in [3.8, 4) is 11.3 Å². The van der Waals surface area contributed by atoms with Crippen LogP contribution in [-0.2, 0) is 4.79 Å². The number of likely N-dealkylation sites (tertiary alicyclic amines) is 1. The molecule has 0 bridgehead atoms. The number of primary amides is 1. The normalized spacial score (nSPS) is 17.9. The average Bonchev–Trinajstić information content (AvgIpc) is 3.05. The number of aromatic nitrogens is 1. The molecule has 120 valence electrons. The predicted molar refractivity (Wildman–Crippen MR) is 84.4 cm³/mol. The van der Waals surface area contributed by atoms with E-state index in [-0.39, 0.29) is 24.1 Å². The number of carbonyl (C=O) groups excluding carboxylic acids is 2. The van der Waals surface area contributed by atoms with E-state index in [1.165, 1.54) is 0 Å². The van der Waals surface area contributed by atoms with Crippen LogP contribution in [0.15, 0.2) is 40.9 Å². The van der Waals surface area contributed by atoms with Crippen LogP contribution in [0.5, 0.6) is 0 Å². The van der Waals surface area contributed by atoms with Crippen molar-refractivity contribution in [2.45, 2.75) is 31.7 Å². The molecule has 6 heteroatoms. The van der Waals surface area contributed by atoms with Gasteiger partial charge in [0, 0.05) is 30.6 Å². The molecule has 0 aliphatic carbocycles. The molecule has 0 spiro atoms. The molecule has 1 atom stereocenters. The van der Waals surface area contributed by atoms with E-state index in [0.717, 1.165) is 24.8 Å². The highest BCUT2D eigenvalue weighted by atomic mass is 16.5. The number of rotatable bonds is 4. The molecular formula is C17H19N3O3. The molecule has 1 aromatic heterocycles. The van der Waals surface area contributed by atoms with Gasteiger partial charge in [-0.25, -0.2) is 0 Å². The van der Waals surface area contributed by atoms with Crippen molar-refractivity contribution >= 4 is 11.8 Å². The summed E-state index contributed by atoms with van der Waals surface area (Å²) in [6, 6.07) is 11.0. The second kappa shape index (κ2) is 6.64. The second-order valence-electron chi connectivity index (χ2n) is 5.76. The van der Waals surface area contributed by atoms with E-state index in [1.807, 2.05) is 30.3 Å². The van der Waals surface area contributed by atoms with Crippen molar-refractivity contribution in [2.75, 3.05) is 6.54 Å². The summed E-state index contributed by atoms with van der Waals surface area (Å²) in [5.74, 6) is -0.428. The maximum atomic E-state index is 12.7. The van der Waals surface area contributed by atoms with Crippen LogP contribution in [0.3, 0.4) is 0 Å². The molecule has 1 aliphatic rings. The van der Waals surface area contributed by atoms with Crippen LogP contribution < -0.4 is 5.73 Å². The zero-order valence-corrected chi connectivity index (χ0v) is 12.8. The van der Waals surface area contributed by atoms with Gasteiger partial charge in [-0.15, -0.1) is 0 Å². The third-order valence-corrected chi connectivity index (χ3v) is 4.12. The lowest BCUT2D eigenvalue weighted by Crippen LogP contribution is -2.45. The Morgan fingerprint density at radius 3 is 2.78 bits per heavy atom. The maximum Gasteiger partial charge on any atom is 0.292 e. The minimum absolute atomic E-state index is 0.154. The Hall–Kier alpha value is -2.63. The lowest BCUT2D eigenvalue weighted by atomic mass is 9.98. The number of hydrogen-bond donors (Lipinski definition) is 1. The predicted octanol–water partition coefficient (Wildman–Crippen LogP) is 2.21. The van der Waals surface area contributed by atoms with E-state index in [1.54, 1.807) is 11.0 Å². The van der Waals surface area contributed by atoms with Crippen molar-refractivity contribution in [3.05, 3.63) is 42.2 Å². The third kappa shape index (κ3) is 3.41. The molecule has 2 heterocycles. The largest absolute Gasteiger partial charge is 0.370 e. The summed E-state index contributed by atoms with van der Waals surface area (Å²) in [5, 5.41) is 3.97. The Morgan fingerprint density at radius 1 is 1.26 bits per heavy atom. The van der Waals surface area contributed by atoms with Crippen LogP contribution >= 0.6 is 0 Å². The summed E-state index contributed by atoms with van der Waals surface area (Å²) in [7, 11) is 0. The van der Waals surface area contributed by atoms with Crippen LogP contribution in [0, 0.1) is 0 Å². The first kappa shape index (κ1) is 15.3.